The summed E-state index contributed by atoms with van der Waals surface area (Å²) < 4.78 is 0. The number of hydrogen-bond donors (Lipinski definition) is 1. The molecule has 1 N–H and O–H groups in total. The minimum absolute atomic E-state index is 0.990. The Balaban J connectivity index is 2.05. The Kier molecular flexibility index (Phi) is 2.75. The van der Waals surface area contributed by atoms with E-state index in [4.69, 9.17) is 0 Å². The van der Waals surface area contributed by atoms with Gasteiger partial charge in [-0.2, -0.15) is 0 Å². The van der Waals surface area contributed by atoms with Gasteiger partial charge in [-0.05, 0) is 6.42 Å². The van der Waals surface area contributed by atoms with Gasteiger partial charge in [0.25, 0.3) is 0 Å². The topological polar surface area (TPSA) is 41.1 Å². The van der Waals surface area contributed by atoms with E-state index < -0.39 is 0 Å². The number of aromatic nitrogens is 2. The van der Waals surface area contributed by atoms with E-state index in [2.05, 4.69) is 27.3 Å². The monoisotopic (exact) mass is 198 g/mol. The molecule has 0 amide bonds. The summed E-state index contributed by atoms with van der Waals surface area (Å²) in [5, 5.41) is 13.8. The van der Waals surface area contributed by atoms with Crippen LogP contribution in [0.1, 0.15) is 11.9 Å². The van der Waals surface area contributed by atoms with Gasteiger partial charge in [0, 0.05) is 26.2 Å². The Hall–Kier alpha value is -0.680. The Morgan fingerprint density at radius 2 is 2.15 bits per heavy atom. The molecule has 0 unspecified atom stereocenters. The molecule has 1 saturated heterocycles. The molecule has 4 nitrogen and oxygen atoms in total. The van der Waals surface area contributed by atoms with Crippen LogP contribution in [0.15, 0.2) is 0 Å². The molecule has 0 spiro atoms. The Labute approximate surface area is 82.0 Å². The second-order valence-corrected chi connectivity index (χ2v) is 4.11. The van der Waals surface area contributed by atoms with Crippen LogP contribution >= 0.6 is 11.3 Å². The second-order valence-electron chi connectivity index (χ2n) is 3.07. The highest BCUT2D eigenvalue weighted by Gasteiger charge is 2.14. The van der Waals surface area contributed by atoms with Crippen LogP contribution in [-0.2, 0) is 6.42 Å². The lowest BCUT2D eigenvalue weighted by Gasteiger charge is -2.26. The van der Waals surface area contributed by atoms with Gasteiger partial charge >= 0.3 is 0 Å². The number of hydrogen-bond acceptors (Lipinski definition) is 5. The fourth-order valence-corrected chi connectivity index (χ4v) is 2.20. The smallest absolute Gasteiger partial charge is 0.208 e. The maximum atomic E-state index is 4.18. The average molecular weight is 198 g/mol. The first kappa shape index (κ1) is 8.90. The van der Waals surface area contributed by atoms with E-state index in [0.717, 1.165) is 42.7 Å². The summed E-state index contributed by atoms with van der Waals surface area (Å²) in [6.07, 6.45) is 0.990. The van der Waals surface area contributed by atoms with Gasteiger partial charge in [0.2, 0.25) is 5.13 Å². The molecule has 2 rings (SSSR count). The molecule has 0 aromatic carbocycles. The lowest BCUT2D eigenvalue weighted by Crippen LogP contribution is -2.43. The van der Waals surface area contributed by atoms with Gasteiger partial charge in [-0.1, -0.05) is 18.3 Å². The van der Waals surface area contributed by atoms with Crippen LogP contribution in [0.25, 0.3) is 0 Å². The van der Waals surface area contributed by atoms with E-state index in [1.165, 1.54) is 0 Å². The molecule has 2 heterocycles. The quantitative estimate of drug-likeness (QED) is 0.752. The molecule has 0 aliphatic carbocycles. The summed E-state index contributed by atoms with van der Waals surface area (Å²) in [6.45, 7) is 6.33. The molecule has 1 aromatic rings. The van der Waals surface area contributed by atoms with Crippen molar-refractivity contribution in [3.8, 4) is 0 Å². The Morgan fingerprint density at radius 3 is 2.77 bits per heavy atom. The molecular formula is C8H14N4S. The summed E-state index contributed by atoms with van der Waals surface area (Å²) >= 11 is 1.72. The van der Waals surface area contributed by atoms with Crippen LogP contribution < -0.4 is 10.2 Å². The first-order chi connectivity index (χ1) is 6.40. The number of anilines is 1. The Morgan fingerprint density at radius 1 is 1.38 bits per heavy atom. The zero-order chi connectivity index (χ0) is 9.10. The third-order valence-corrected chi connectivity index (χ3v) is 3.27. The van der Waals surface area contributed by atoms with Crippen LogP contribution in [0.4, 0.5) is 5.13 Å². The van der Waals surface area contributed by atoms with Crippen molar-refractivity contribution in [2.45, 2.75) is 13.3 Å². The van der Waals surface area contributed by atoms with E-state index >= 15 is 0 Å². The molecule has 1 aliphatic heterocycles. The molecule has 1 aromatic heterocycles. The molecule has 0 saturated carbocycles. The predicted molar refractivity (Wildman–Crippen MR) is 54.4 cm³/mol. The largest absolute Gasteiger partial charge is 0.344 e. The highest BCUT2D eigenvalue weighted by atomic mass is 32.1. The fraction of sp³-hybridized carbons (Fsp3) is 0.750. The zero-order valence-electron chi connectivity index (χ0n) is 7.79. The molecule has 0 bridgehead atoms. The highest BCUT2D eigenvalue weighted by molar-refractivity contribution is 7.15. The molecule has 1 fully saturated rings. The minimum atomic E-state index is 0.990. The summed E-state index contributed by atoms with van der Waals surface area (Å²) in [4.78, 5) is 2.30. The van der Waals surface area contributed by atoms with E-state index in [9.17, 15) is 0 Å². The van der Waals surface area contributed by atoms with Gasteiger partial charge in [0.1, 0.15) is 5.01 Å². The first-order valence-electron chi connectivity index (χ1n) is 4.68. The summed E-state index contributed by atoms with van der Waals surface area (Å²) in [7, 11) is 0. The van der Waals surface area contributed by atoms with Crippen molar-refractivity contribution in [2.75, 3.05) is 31.1 Å². The standard InChI is InChI=1S/C8H14N4S/c1-2-7-10-11-8(13-7)12-5-3-9-4-6-12/h9H,2-6H2,1H3. The third-order valence-electron chi connectivity index (χ3n) is 2.15. The van der Waals surface area contributed by atoms with Crippen molar-refractivity contribution in [3.63, 3.8) is 0 Å². The van der Waals surface area contributed by atoms with Crippen LogP contribution in [0.3, 0.4) is 0 Å². The zero-order valence-corrected chi connectivity index (χ0v) is 8.60. The number of rotatable bonds is 2. The van der Waals surface area contributed by atoms with Gasteiger partial charge < -0.3 is 10.2 Å². The van der Waals surface area contributed by atoms with Crippen LogP contribution in [0.5, 0.6) is 0 Å². The molecule has 72 valence electrons. The van der Waals surface area contributed by atoms with Crippen molar-refractivity contribution in [1.82, 2.24) is 15.5 Å². The number of nitrogens with zero attached hydrogens (tertiary/aromatic N) is 3. The first-order valence-corrected chi connectivity index (χ1v) is 5.50. The van der Waals surface area contributed by atoms with Gasteiger partial charge in [0.15, 0.2) is 0 Å². The molecule has 1 aliphatic rings. The van der Waals surface area contributed by atoms with Gasteiger partial charge in [-0.3, -0.25) is 0 Å². The molecule has 0 atom stereocenters. The summed E-state index contributed by atoms with van der Waals surface area (Å²) in [6, 6.07) is 0. The maximum absolute atomic E-state index is 4.18. The SMILES string of the molecule is CCc1nnc(N2CCNCC2)s1. The molecule has 5 heteroatoms. The van der Waals surface area contributed by atoms with Crippen molar-refractivity contribution in [3.05, 3.63) is 5.01 Å². The summed E-state index contributed by atoms with van der Waals surface area (Å²) in [5.41, 5.74) is 0. The fourth-order valence-electron chi connectivity index (χ4n) is 1.37. The number of piperazine rings is 1. The summed E-state index contributed by atoms with van der Waals surface area (Å²) in [5.74, 6) is 0. The van der Waals surface area contributed by atoms with E-state index in [1.54, 1.807) is 11.3 Å². The van der Waals surface area contributed by atoms with Crippen molar-refractivity contribution in [2.24, 2.45) is 0 Å². The van der Waals surface area contributed by atoms with Crippen LogP contribution in [0, 0.1) is 0 Å². The number of nitrogens with one attached hydrogen (secondary N) is 1. The molecule has 13 heavy (non-hydrogen) atoms. The lowest BCUT2D eigenvalue weighted by atomic mass is 10.4. The molecular weight excluding hydrogens is 184 g/mol. The van der Waals surface area contributed by atoms with Crippen molar-refractivity contribution in [1.29, 1.82) is 0 Å². The second kappa shape index (κ2) is 4.02. The van der Waals surface area contributed by atoms with Gasteiger partial charge in [0.05, 0.1) is 0 Å². The lowest BCUT2D eigenvalue weighted by molar-refractivity contribution is 0.587. The van der Waals surface area contributed by atoms with Crippen LogP contribution in [0.2, 0.25) is 0 Å². The van der Waals surface area contributed by atoms with Gasteiger partial charge in [-0.15, -0.1) is 10.2 Å². The van der Waals surface area contributed by atoms with Crippen molar-refractivity contribution >= 4 is 16.5 Å². The van der Waals surface area contributed by atoms with E-state index in [1.807, 2.05) is 0 Å². The predicted octanol–water partition coefficient (Wildman–Crippen LogP) is 0.510. The van der Waals surface area contributed by atoms with E-state index in [-0.39, 0.29) is 0 Å². The number of aryl methyl sites for hydroxylation is 1. The minimum Gasteiger partial charge on any atom is -0.344 e. The molecule has 0 radical (unpaired) electrons. The van der Waals surface area contributed by atoms with E-state index in [0.29, 0.717) is 0 Å². The van der Waals surface area contributed by atoms with Crippen LogP contribution in [-0.4, -0.2) is 36.4 Å². The average Bonchev–Trinajstić information content (AvgIpc) is 2.67. The highest BCUT2D eigenvalue weighted by Crippen LogP contribution is 2.20. The van der Waals surface area contributed by atoms with Gasteiger partial charge in [-0.25, -0.2) is 0 Å². The normalized spacial score (nSPS) is 17.8. The van der Waals surface area contributed by atoms with Crippen molar-refractivity contribution < 1.29 is 0 Å². The Bertz CT molecular complexity index is 267. The maximum Gasteiger partial charge on any atom is 0.208 e. The third kappa shape index (κ3) is 1.97.